The Kier molecular flexibility index (Phi) is 4.56. The molecule has 0 unspecified atom stereocenters. The summed E-state index contributed by atoms with van der Waals surface area (Å²) in [5.41, 5.74) is 1.26. The number of ether oxygens (including phenoxy) is 1. The summed E-state index contributed by atoms with van der Waals surface area (Å²) in [6.45, 7) is 0.250. The van der Waals surface area contributed by atoms with Crippen LogP contribution in [0.15, 0.2) is 40.9 Å². The second kappa shape index (κ2) is 6.17. The third-order valence-corrected chi connectivity index (χ3v) is 3.50. The van der Waals surface area contributed by atoms with Crippen molar-refractivity contribution < 1.29 is 13.9 Å². The predicted octanol–water partition coefficient (Wildman–Crippen LogP) is 4.63. The van der Waals surface area contributed by atoms with E-state index in [1.54, 1.807) is 24.3 Å². The van der Waals surface area contributed by atoms with Crippen molar-refractivity contribution in [1.29, 1.82) is 0 Å². The van der Waals surface area contributed by atoms with Crippen LogP contribution >= 0.6 is 27.5 Å². The third-order valence-electron chi connectivity index (χ3n) is 2.48. The highest BCUT2D eigenvalue weighted by atomic mass is 79.9. The van der Waals surface area contributed by atoms with E-state index in [0.717, 1.165) is 11.8 Å². The molecule has 0 heterocycles. The zero-order valence-corrected chi connectivity index (χ0v) is 12.0. The van der Waals surface area contributed by atoms with Crippen molar-refractivity contribution in [2.75, 3.05) is 0 Å². The number of carbonyl (C=O) groups excluding carboxylic acids is 1. The number of hydrogen-bond donors (Lipinski definition) is 0. The maximum Gasteiger partial charge on any atom is 0.151 e. The van der Waals surface area contributed by atoms with E-state index in [1.807, 2.05) is 0 Å². The van der Waals surface area contributed by atoms with Crippen molar-refractivity contribution in [3.8, 4) is 5.75 Å². The van der Waals surface area contributed by atoms with E-state index < -0.39 is 5.82 Å². The number of aldehydes is 1. The van der Waals surface area contributed by atoms with Crippen LogP contribution in [-0.2, 0) is 6.61 Å². The lowest BCUT2D eigenvalue weighted by Crippen LogP contribution is -1.97. The molecule has 2 aromatic rings. The fourth-order valence-corrected chi connectivity index (χ4v) is 2.04. The van der Waals surface area contributed by atoms with Gasteiger partial charge in [0.25, 0.3) is 0 Å². The van der Waals surface area contributed by atoms with Crippen molar-refractivity contribution in [3.63, 3.8) is 0 Å². The maximum atomic E-state index is 13.0. The summed E-state index contributed by atoms with van der Waals surface area (Å²) in [4.78, 5) is 10.8. The van der Waals surface area contributed by atoms with Gasteiger partial charge in [0.15, 0.2) is 6.29 Å². The molecule has 0 bridgehead atoms. The number of hydrogen-bond acceptors (Lipinski definition) is 2. The molecule has 0 aliphatic rings. The van der Waals surface area contributed by atoms with Gasteiger partial charge in [-0.05, 0) is 35.9 Å². The van der Waals surface area contributed by atoms with E-state index in [1.165, 1.54) is 12.1 Å². The van der Waals surface area contributed by atoms with Gasteiger partial charge in [0.05, 0.1) is 5.02 Å². The summed E-state index contributed by atoms with van der Waals surface area (Å²) in [7, 11) is 0. The van der Waals surface area contributed by atoms with Crippen LogP contribution in [0.3, 0.4) is 0 Å². The van der Waals surface area contributed by atoms with E-state index in [-0.39, 0.29) is 11.6 Å². The highest BCUT2D eigenvalue weighted by molar-refractivity contribution is 9.10. The summed E-state index contributed by atoms with van der Waals surface area (Å²) in [5, 5.41) is 0.0606. The minimum absolute atomic E-state index is 0.0606. The van der Waals surface area contributed by atoms with Crippen LogP contribution in [0.5, 0.6) is 5.75 Å². The summed E-state index contributed by atoms with van der Waals surface area (Å²) >= 11 is 8.94. The van der Waals surface area contributed by atoms with Crippen LogP contribution < -0.4 is 4.74 Å². The third kappa shape index (κ3) is 3.55. The van der Waals surface area contributed by atoms with Crippen LogP contribution in [0.4, 0.5) is 4.39 Å². The molecule has 0 radical (unpaired) electrons. The molecule has 2 nitrogen and oxygen atoms in total. The molecular formula is C14H9BrClFO2. The Morgan fingerprint density at radius 2 is 2.05 bits per heavy atom. The second-order valence-corrected chi connectivity index (χ2v) is 5.10. The van der Waals surface area contributed by atoms with Gasteiger partial charge in [-0.1, -0.05) is 33.6 Å². The van der Waals surface area contributed by atoms with E-state index in [0.29, 0.717) is 15.8 Å². The first kappa shape index (κ1) is 14.0. The maximum absolute atomic E-state index is 13.0. The fraction of sp³-hybridized carbons (Fsp3) is 0.0714. The molecular weight excluding hydrogens is 335 g/mol. The van der Waals surface area contributed by atoms with Gasteiger partial charge in [-0.15, -0.1) is 0 Å². The molecule has 0 aliphatic heterocycles. The molecule has 0 N–H and O–H groups in total. The van der Waals surface area contributed by atoms with Crippen LogP contribution in [-0.4, -0.2) is 6.29 Å². The minimum atomic E-state index is -0.461. The molecule has 2 rings (SSSR count). The average Bonchev–Trinajstić information content (AvgIpc) is 2.41. The minimum Gasteiger partial charge on any atom is -0.489 e. The normalized spacial score (nSPS) is 10.3. The first-order valence-corrected chi connectivity index (χ1v) is 6.58. The van der Waals surface area contributed by atoms with Crippen LogP contribution in [0.25, 0.3) is 0 Å². The van der Waals surface area contributed by atoms with Gasteiger partial charge < -0.3 is 4.74 Å². The van der Waals surface area contributed by atoms with Gasteiger partial charge in [-0.3, -0.25) is 4.79 Å². The van der Waals surface area contributed by atoms with Crippen LogP contribution in [0.2, 0.25) is 5.02 Å². The number of benzene rings is 2. The molecule has 0 saturated heterocycles. The molecule has 2 aromatic carbocycles. The van der Waals surface area contributed by atoms with Crippen molar-refractivity contribution in [1.82, 2.24) is 0 Å². The monoisotopic (exact) mass is 342 g/mol. The van der Waals surface area contributed by atoms with Crippen LogP contribution in [0, 0.1) is 5.82 Å². The van der Waals surface area contributed by atoms with Gasteiger partial charge >= 0.3 is 0 Å². The first-order valence-electron chi connectivity index (χ1n) is 5.41. The quantitative estimate of drug-likeness (QED) is 0.756. The Hall–Kier alpha value is -1.39. The molecule has 0 atom stereocenters. The molecule has 5 heteroatoms. The lowest BCUT2D eigenvalue weighted by Gasteiger charge is -2.08. The van der Waals surface area contributed by atoms with E-state index >= 15 is 0 Å². The summed E-state index contributed by atoms with van der Waals surface area (Å²) in [5.74, 6) is 0.100. The van der Waals surface area contributed by atoms with E-state index in [2.05, 4.69) is 15.9 Å². The Balaban J connectivity index is 2.09. The molecule has 98 valence electrons. The Bertz CT molecular complexity index is 616. The number of rotatable bonds is 4. The van der Waals surface area contributed by atoms with Gasteiger partial charge in [0, 0.05) is 10.0 Å². The topological polar surface area (TPSA) is 26.3 Å². The van der Waals surface area contributed by atoms with Gasteiger partial charge in [-0.2, -0.15) is 0 Å². The molecule has 19 heavy (non-hydrogen) atoms. The molecule has 0 saturated carbocycles. The van der Waals surface area contributed by atoms with Gasteiger partial charge in [-0.25, -0.2) is 4.39 Å². The summed E-state index contributed by atoms with van der Waals surface area (Å²) < 4.78 is 19.2. The van der Waals surface area contributed by atoms with Crippen molar-refractivity contribution in [2.24, 2.45) is 0 Å². The Morgan fingerprint density at radius 3 is 2.74 bits per heavy atom. The van der Waals surface area contributed by atoms with Gasteiger partial charge in [0.1, 0.15) is 18.2 Å². The fourth-order valence-electron chi connectivity index (χ4n) is 1.50. The van der Waals surface area contributed by atoms with Crippen molar-refractivity contribution in [2.45, 2.75) is 6.61 Å². The first-order chi connectivity index (χ1) is 9.10. The average molecular weight is 344 g/mol. The van der Waals surface area contributed by atoms with E-state index in [9.17, 15) is 9.18 Å². The molecule has 0 fully saturated rings. The van der Waals surface area contributed by atoms with Crippen LogP contribution in [0.1, 0.15) is 15.9 Å². The zero-order chi connectivity index (χ0) is 13.8. The van der Waals surface area contributed by atoms with Crippen molar-refractivity contribution in [3.05, 3.63) is 62.8 Å². The SMILES string of the molecule is O=Cc1cc(OCc2ccc(F)c(Cl)c2)ccc1Br. The molecule has 0 aromatic heterocycles. The molecule has 0 aliphatic carbocycles. The lowest BCUT2D eigenvalue weighted by molar-refractivity contribution is 0.112. The Labute approximate surface area is 123 Å². The Morgan fingerprint density at radius 1 is 1.26 bits per heavy atom. The largest absolute Gasteiger partial charge is 0.489 e. The lowest BCUT2D eigenvalue weighted by atomic mass is 10.2. The predicted molar refractivity (Wildman–Crippen MR) is 75.3 cm³/mol. The standard InChI is InChI=1S/C14H9BrClFO2/c15-12-3-2-11(6-10(12)7-18)19-8-9-1-4-14(17)13(16)5-9/h1-7H,8H2. The summed E-state index contributed by atoms with van der Waals surface area (Å²) in [6.07, 6.45) is 0.742. The van der Waals surface area contributed by atoms with E-state index in [4.69, 9.17) is 16.3 Å². The van der Waals surface area contributed by atoms with Gasteiger partial charge in [0.2, 0.25) is 0 Å². The van der Waals surface area contributed by atoms with Crippen molar-refractivity contribution >= 4 is 33.8 Å². The highest BCUT2D eigenvalue weighted by Crippen LogP contribution is 2.22. The molecule has 0 spiro atoms. The second-order valence-electron chi connectivity index (χ2n) is 3.84. The highest BCUT2D eigenvalue weighted by Gasteiger charge is 2.04. The smallest absolute Gasteiger partial charge is 0.151 e. The number of carbonyl (C=O) groups is 1. The molecule has 0 amide bonds. The zero-order valence-electron chi connectivity index (χ0n) is 9.70. The number of halogens is 3. The summed E-state index contributed by atoms with van der Waals surface area (Å²) in [6, 6.07) is 9.50.